The zero-order valence-electron chi connectivity index (χ0n) is 11.5. The quantitative estimate of drug-likeness (QED) is 0.849. The Balaban J connectivity index is 1.56. The van der Waals surface area contributed by atoms with Gasteiger partial charge < -0.3 is 4.90 Å². The van der Waals surface area contributed by atoms with Gasteiger partial charge in [-0.05, 0) is 19.8 Å². The lowest BCUT2D eigenvalue weighted by Gasteiger charge is -2.37. The number of hydrogen-bond acceptors (Lipinski definition) is 4. The summed E-state index contributed by atoms with van der Waals surface area (Å²) in [4.78, 5) is 21.1. The molecule has 1 saturated heterocycles. The van der Waals surface area contributed by atoms with Gasteiger partial charge in [0.25, 0.3) is 0 Å². The molecule has 5 heteroatoms. The van der Waals surface area contributed by atoms with Crippen molar-refractivity contribution < 1.29 is 4.79 Å². The highest BCUT2D eigenvalue weighted by molar-refractivity contribution is 7.09. The van der Waals surface area contributed by atoms with Crippen LogP contribution in [0.2, 0.25) is 0 Å². The van der Waals surface area contributed by atoms with Crippen molar-refractivity contribution in [3.8, 4) is 0 Å². The van der Waals surface area contributed by atoms with Crippen LogP contribution in [0, 0.1) is 6.92 Å². The van der Waals surface area contributed by atoms with Crippen molar-refractivity contribution in [2.45, 2.75) is 45.2 Å². The fourth-order valence-electron chi connectivity index (χ4n) is 3.14. The maximum absolute atomic E-state index is 12.3. The molecule has 1 amide bonds. The summed E-state index contributed by atoms with van der Waals surface area (Å²) < 4.78 is 0. The standard InChI is InChI=1S/C14H21N3OS/c1-11-10-19-13(15-11)8-16-6-7-17(14(18)9-16)12-4-2-3-5-12/h10,12H,2-9H2,1H3. The molecule has 2 fully saturated rings. The molecule has 104 valence electrons. The van der Waals surface area contributed by atoms with Gasteiger partial charge in [0.05, 0.1) is 13.1 Å². The van der Waals surface area contributed by atoms with E-state index >= 15 is 0 Å². The number of aryl methyl sites for hydroxylation is 1. The summed E-state index contributed by atoms with van der Waals surface area (Å²) in [6.45, 7) is 5.29. The van der Waals surface area contributed by atoms with Crippen LogP contribution in [0.1, 0.15) is 36.4 Å². The monoisotopic (exact) mass is 279 g/mol. The van der Waals surface area contributed by atoms with Gasteiger partial charge in [-0.3, -0.25) is 9.69 Å². The Kier molecular flexibility index (Phi) is 3.84. The second kappa shape index (κ2) is 5.59. The molecule has 1 aliphatic heterocycles. The number of thiazole rings is 1. The number of piperazine rings is 1. The summed E-state index contributed by atoms with van der Waals surface area (Å²) in [6, 6.07) is 0.525. The van der Waals surface area contributed by atoms with Gasteiger partial charge in [-0.25, -0.2) is 4.98 Å². The van der Waals surface area contributed by atoms with Crippen LogP contribution in [0.15, 0.2) is 5.38 Å². The molecule has 2 heterocycles. The highest BCUT2D eigenvalue weighted by Crippen LogP contribution is 2.25. The Morgan fingerprint density at radius 1 is 1.37 bits per heavy atom. The first-order chi connectivity index (χ1) is 9.22. The molecule has 1 aliphatic carbocycles. The van der Waals surface area contributed by atoms with Crippen LogP contribution in [-0.2, 0) is 11.3 Å². The van der Waals surface area contributed by atoms with Crippen molar-refractivity contribution in [1.82, 2.24) is 14.8 Å². The molecule has 0 unspecified atom stereocenters. The van der Waals surface area contributed by atoms with Crippen LogP contribution in [0.4, 0.5) is 0 Å². The van der Waals surface area contributed by atoms with E-state index in [9.17, 15) is 4.79 Å². The van der Waals surface area contributed by atoms with Crippen molar-refractivity contribution in [3.05, 3.63) is 16.1 Å². The summed E-state index contributed by atoms with van der Waals surface area (Å²) in [6.07, 6.45) is 4.99. The number of carbonyl (C=O) groups excluding carboxylic acids is 1. The smallest absolute Gasteiger partial charge is 0.237 e. The molecule has 4 nitrogen and oxygen atoms in total. The zero-order chi connectivity index (χ0) is 13.2. The van der Waals surface area contributed by atoms with E-state index in [1.54, 1.807) is 11.3 Å². The molecule has 0 N–H and O–H groups in total. The topological polar surface area (TPSA) is 36.4 Å². The van der Waals surface area contributed by atoms with Crippen molar-refractivity contribution in [3.63, 3.8) is 0 Å². The van der Waals surface area contributed by atoms with Gasteiger partial charge in [0.2, 0.25) is 5.91 Å². The largest absolute Gasteiger partial charge is 0.337 e. The molecule has 1 aromatic rings. The van der Waals surface area contributed by atoms with Gasteiger partial charge in [-0.2, -0.15) is 0 Å². The first-order valence-corrected chi connectivity index (χ1v) is 8.03. The number of nitrogens with zero attached hydrogens (tertiary/aromatic N) is 3. The second-order valence-electron chi connectivity index (χ2n) is 5.62. The van der Waals surface area contributed by atoms with E-state index in [0.29, 0.717) is 18.5 Å². The zero-order valence-corrected chi connectivity index (χ0v) is 12.3. The summed E-state index contributed by atoms with van der Waals surface area (Å²) in [5.74, 6) is 0.312. The minimum absolute atomic E-state index is 0.312. The molecular weight excluding hydrogens is 258 g/mol. The maximum Gasteiger partial charge on any atom is 0.237 e. The van der Waals surface area contributed by atoms with Crippen LogP contribution in [0.25, 0.3) is 0 Å². The van der Waals surface area contributed by atoms with Crippen LogP contribution in [0.5, 0.6) is 0 Å². The Morgan fingerprint density at radius 2 is 2.16 bits per heavy atom. The van der Waals surface area contributed by atoms with Crippen molar-refractivity contribution in [2.75, 3.05) is 19.6 Å². The third-order valence-electron chi connectivity index (χ3n) is 4.13. The normalized spacial score (nSPS) is 22.4. The first-order valence-electron chi connectivity index (χ1n) is 7.15. The van der Waals surface area contributed by atoms with E-state index in [2.05, 4.69) is 20.2 Å². The van der Waals surface area contributed by atoms with Crippen LogP contribution >= 0.6 is 11.3 Å². The van der Waals surface area contributed by atoms with E-state index in [0.717, 1.165) is 30.3 Å². The van der Waals surface area contributed by atoms with Crippen LogP contribution in [-0.4, -0.2) is 46.4 Å². The molecule has 2 aliphatic rings. The summed E-state index contributed by atoms with van der Waals surface area (Å²) >= 11 is 1.69. The Labute approximate surface area is 118 Å². The number of rotatable bonds is 3. The molecule has 0 bridgehead atoms. The van der Waals surface area contributed by atoms with E-state index in [1.165, 1.54) is 25.7 Å². The molecule has 0 atom stereocenters. The third kappa shape index (κ3) is 2.98. The number of amides is 1. The van der Waals surface area contributed by atoms with Crippen molar-refractivity contribution in [2.24, 2.45) is 0 Å². The molecule has 0 aromatic carbocycles. The Hall–Kier alpha value is -0.940. The molecule has 0 spiro atoms. The molecule has 19 heavy (non-hydrogen) atoms. The number of hydrogen-bond donors (Lipinski definition) is 0. The Morgan fingerprint density at radius 3 is 2.79 bits per heavy atom. The second-order valence-corrected chi connectivity index (χ2v) is 6.56. The summed E-state index contributed by atoms with van der Waals surface area (Å²) in [7, 11) is 0. The lowest BCUT2D eigenvalue weighted by Crippen LogP contribution is -2.53. The molecule has 1 saturated carbocycles. The van der Waals surface area contributed by atoms with Crippen molar-refractivity contribution in [1.29, 1.82) is 0 Å². The average molecular weight is 279 g/mol. The number of carbonyl (C=O) groups is 1. The summed E-state index contributed by atoms with van der Waals surface area (Å²) in [5.41, 5.74) is 1.08. The van der Waals surface area contributed by atoms with Crippen LogP contribution in [0.3, 0.4) is 0 Å². The van der Waals surface area contributed by atoms with E-state index < -0.39 is 0 Å². The van der Waals surface area contributed by atoms with Gasteiger partial charge in [-0.1, -0.05) is 12.8 Å². The average Bonchev–Trinajstić information content (AvgIpc) is 3.01. The van der Waals surface area contributed by atoms with E-state index in [-0.39, 0.29) is 0 Å². The molecular formula is C14H21N3OS. The first kappa shape index (κ1) is 13.1. The molecule has 0 radical (unpaired) electrons. The third-order valence-corrected chi connectivity index (χ3v) is 5.08. The lowest BCUT2D eigenvalue weighted by molar-refractivity contribution is -0.138. The van der Waals surface area contributed by atoms with E-state index in [1.807, 2.05) is 6.92 Å². The fourth-order valence-corrected chi connectivity index (χ4v) is 3.95. The highest BCUT2D eigenvalue weighted by Gasteiger charge is 2.31. The number of aromatic nitrogens is 1. The minimum Gasteiger partial charge on any atom is -0.337 e. The van der Waals surface area contributed by atoms with Gasteiger partial charge in [0, 0.05) is 30.2 Å². The van der Waals surface area contributed by atoms with Gasteiger partial charge in [-0.15, -0.1) is 11.3 Å². The van der Waals surface area contributed by atoms with Gasteiger partial charge in [0.1, 0.15) is 5.01 Å². The van der Waals surface area contributed by atoms with Crippen LogP contribution < -0.4 is 0 Å². The lowest BCUT2D eigenvalue weighted by atomic mass is 10.1. The van der Waals surface area contributed by atoms with Gasteiger partial charge >= 0.3 is 0 Å². The highest BCUT2D eigenvalue weighted by atomic mass is 32.1. The van der Waals surface area contributed by atoms with Crippen molar-refractivity contribution >= 4 is 17.2 Å². The molecule has 3 rings (SSSR count). The van der Waals surface area contributed by atoms with E-state index in [4.69, 9.17) is 0 Å². The predicted octanol–water partition coefficient (Wildman–Crippen LogP) is 2.04. The fraction of sp³-hybridized carbons (Fsp3) is 0.714. The summed E-state index contributed by atoms with van der Waals surface area (Å²) in [5, 5.41) is 3.20. The minimum atomic E-state index is 0.312. The molecule has 1 aromatic heterocycles. The Bertz CT molecular complexity index is 453. The predicted molar refractivity (Wildman–Crippen MR) is 76.1 cm³/mol. The SMILES string of the molecule is Cc1csc(CN2CCN(C3CCCC3)C(=O)C2)n1. The maximum atomic E-state index is 12.3. The van der Waals surface area contributed by atoms with Gasteiger partial charge in [0.15, 0.2) is 0 Å².